The quantitative estimate of drug-likeness (QED) is 0.483. The van der Waals surface area contributed by atoms with E-state index >= 15 is 0 Å². The van der Waals surface area contributed by atoms with E-state index in [0.717, 1.165) is 28.7 Å². The van der Waals surface area contributed by atoms with Crippen LogP contribution in [-0.4, -0.2) is 32.8 Å². The molecule has 3 N–H and O–H groups in total. The van der Waals surface area contributed by atoms with Crippen molar-refractivity contribution < 1.29 is 8.78 Å². The van der Waals surface area contributed by atoms with Crippen LogP contribution < -0.4 is 10.5 Å². The molecule has 0 bridgehead atoms. The molecule has 2 aromatic heterocycles. The molecular weight excluding hydrogens is 442 g/mol. The van der Waals surface area contributed by atoms with Crippen LogP contribution in [-0.2, 0) is 7.05 Å². The topological polar surface area (TPSA) is 81.1 Å². The number of aromatic nitrogens is 3. The van der Waals surface area contributed by atoms with E-state index in [1.54, 1.807) is 10.7 Å². The van der Waals surface area contributed by atoms with E-state index in [1.165, 1.54) is 30.3 Å². The summed E-state index contributed by atoms with van der Waals surface area (Å²) in [5.41, 5.74) is 9.84. The Morgan fingerprint density at radius 1 is 1.30 bits per heavy atom. The van der Waals surface area contributed by atoms with Crippen LogP contribution in [0.5, 0.6) is 0 Å². The summed E-state index contributed by atoms with van der Waals surface area (Å²) in [6.07, 6.45) is 9.32. The summed E-state index contributed by atoms with van der Waals surface area (Å²) >= 11 is 1.47. The van der Waals surface area contributed by atoms with Crippen LogP contribution in [0, 0.1) is 11.6 Å². The lowest BCUT2D eigenvalue weighted by atomic mass is 9.94. The van der Waals surface area contributed by atoms with Gasteiger partial charge in [0.1, 0.15) is 17.5 Å². The standard InChI is InChI=1S/C24H24F2N6S/c1-3-33-31-24-9-16(8-23(30-24)19-6-5-18(25)10-21(19)26)20(11-27)22-7-4-15(12-28-22)17-13-29-32(2)14-17/h4-11,13-15H,3,12,27H2,1-2H3,(H,30,31). The highest BCUT2D eigenvalue weighted by molar-refractivity contribution is 8.00. The fourth-order valence-corrected chi connectivity index (χ4v) is 3.99. The minimum atomic E-state index is -0.679. The molecule has 0 radical (unpaired) electrons. The number of dihydropyridines is 1. The van der Waals surface area contributed by atoms with Crippen molar-refractivity contribution in [3.05, 3.63) is 83.8 Å². The maximum atomic E-state index is 14.5. The molecule has 0 spiro atoms. The first-order valence-electron chi connectivity index (χ1n) is 10.5. The third kappa shape index (κ3) is 5.14. The number of pyridine rings is 1. The fraction of sp³-hybridized carbons (Fsp3) is 0.208. The lowest BCUT2D eigenvalue weighted by Crippen LogP contribution is -2.11. The maximum Gasteiger partial charge on any atom is 0.137 e. The molecule has 0 amide bonds. The number of rotatable bonds is 7. The van der Waals surface area contributed by atoms with Gasteiger partial charge in [-0.15, -0.1) is 0 Å². The van der Waals surface area contributed by atoms with Crippen molar-refractivity contribution in [3.63, 3.8) is 0 Å². The number of halogens is 2. The van der Waals surface area contributed by atoms with Gasteiger partial charge in [0.25, 0.3) is 0 Å². The summed E-state index contributed by atoms with van der Waals surface area (Å²) < 4.78 is 32.9. The number of nitrogens with zero attached hydrogens (tertiary/aromatic N) is 4. The Balaban J connectivity index is 1.68. The summed E-state index contributed by atoms with van der Waals surface area (Å²) in [4.78, 5) is 9.26. The van der Waals surface area contributed by atoms with Gasteiger partial charge in [0.15, 0.2) is 0 Å². The predicted molar refractivity (Wildman–Crippen MR) is 131 cm³/mol. The summed E-state index contributed by atoms with van der Waals surface area (Å²) in [7, 11) is 1.88. The molecule has 0 saturated carbocycles. The Bertz CT molecular complexity index is 1250. The van der Waals surface area contributed by atoms with Crippen molar-refractivity contribution in [1.82, 2.24) is 14.8 Å². The summed E-state index contributed by atoms with van der Waals surface area (Å²) in [5.74, 6) is 0.185. The minimum Gasteiger partial charge on any atom is -0.404 e. The number of anilines is 1. The molecule has 170 valence electrons. The molecule has 0 fully saturated rings. The normalized spacial score (nSPS) is 16.1. The van der Waals surface area contributed by atoms with Crippen LogP contribution >= 0.6 is 11.9 Å². The van der Waals surface area contributed by atoms with Gasteiger partial charge < -0.3 is 10.5 Å². The molecule has 1 aliphatic rings. The van der Waals surface area contributed by atoms with Crippen LogP contribution in [0.25, 0.3) is 16.8 Å². The Kier molecular flexibility index (Phi) is 6.88. The van der Waals surface area contributed by atoms with Crippen LogP contribution in [0.4, 0.5) is 14.6 Å². The van der Waals surface area contributed by atoms with Gasteiger partial charge in [-0.3, -0.25) is 9.67 Å². The maximum absolute atomic E-state index is 14.5. The molecule has 33 heavy (non-hydrogen) atoms. The Morgan fingerprint density at radius 3 is 2.79 bits per heavy atom. The van der Waals surface area contributed by atoms with Gasteiger partial charge in [-0.2, -0.15) is 5.10 Å². The molecule has 1 aliphatic heterocycles. The molecule has 1 atom stereocenters. The van der Waals surface area contributed by atoms with Gasteiger partial charge >= 0.3 is 0 Å². The molecule has 1 aromatic carbocycles. The van der Waals surface area contributed by atoms with E-state index in [9.17, 15) is 8.78 Å². The third-order valence-corrected chi connectivity index (χ3v) is 5.85. The first-order valence-corrected chi connectivity index (χ1v) is 11.5. The Morgan fingerprint density at radius 2 is 2.15 bits per heavy atom. The lowest BCUT2D eigenvalue weighted by molar-refractivity contribution is 0.585. The number of hydrogen-bond acceptors (Lipinski definition) is 6. The van der Waals surface area contributed by atoms with Gasteiger partial charge in [-0.1, -0.05) is 24.9 Å². The minimum absolute atomic E-state index is 0.140. The number of nitrogens with one attached hydrogen (secondary N) is 1. The molecule has 3 aromatic rings. The van der Waals surface area contributed by atoms with Crippen molar-refractivity contribution in [3.8, 4) is 11.3 Å². The zero-order chi connectivity index (χ0) is 23.4. The van der Waals surface area contributed by atoms with Crippen molar-refractivity contribution in [2.45, 2.75) is 12.8 Å². The van der Waals surface area contributed by atoms with Crippen molar-refractivity contribution in [2.75, 3.05) is 17.0 Å². The van der Waals surface area contributed by atoms with Crippen LogP contribution in [0.15, 0.2) is 66.1 Å². The van der Waals surface area contributed by atoms with Crippen LogP contribution in [0.2, 0.25) is 0 Å². The SMILES string of the molecule is CCSNc1cc(C(=CN)C2=NCC(c3cnn(C)c3)C=C2)cc(-c2ccc(F)cc2F)n1. The van der Waals surface area contributed by atoms with Crippen LogP contribution in [0.1, 0.15) is 24.0 Å². The van der Waals surface area contributed by atoms with E-state index in [0.29, 0.717) is 23.6 Å². The van der Waals surface area contributed by atoms with E-state index in [4.69, 9.17) is 10.7 Å². The first kappa shape index (κ1) is 22.7. The highest BCUT2D eigenvalue weighted by Gasteiger charge is 2.19. The third-order valence-electron chi connectivity index (χ3n) is 5.20. The highest BCUT2D eigenvalue weighted by atomic mass is 32.2. The second-order valence-electron chi connectivity index (χ2n) is 7.50. The van der Waals surface area contributed by atoms with E-state index in [-0.39, 0.29) is 11.5 Å². The second kappa shape index (κ2) is 9.99. The molecule has 1 unspecified atom stereocenters. The van der Waals surface area contributed by atoms with E-state index in [2.05, 4.69) is 20.9 Å². The van der Waals surface area contributed by atoms with Gasteiger partial charge in [-0.05, 0) is 41.5 Å². The van der Waals surface area contributed by atoms with Gasteiger partial charge in [0, 0.05) is 48.3 Å². The lowest BCUT2D eigenvalue weighted by Gasteiger charge is -2.17. The van der Waals surface area contributed by atoms with Gasteiger partial charge in [0.05, 0.1) is 24.1 Å². The molecule has 3 heterocycles. The smallest absolute Gasteiger partial charge is 0.137 e. The number of aliphatic imine (C=N–C) groups is 1. The van der Waals surface area contributed by atoms with E-state index < -0.39 is 11.6 Å². The average molecular weight is 467 g/mol. The monoisotopic (exact) mass is 466 g/mol. The predicted octanol–water partition coefficient (Wildman–Crippen LogP) is 4.93. The van der Waals surface area contributed by atoms with Crippen molar-refractivity contribution in [1.29, 1.82) is 0 Å². The molecule has 9 heteroatoms. The number of benzene rings is 1. The Labute approximate surface area is 195 Å². The molecule has 0 saturated heterocycles. The largest absolute Gasteiger partial charge is 0.404 e. The summed E-state index contributed by atoms with van der Waals surface area (Å²) in [6, 6.07) is 7.03. The zero-order valence-corrected chi connectivity index (χ0v) is 19.1. The van der Waals surface area contributed by atoms with Gasteiger partial charge in [-0.25, -0.2) is 13.8 Å². The van der Waals surface area contributed by atoms with Crippen LogP contribution in [0.3, 0.4) is 0 Å². The van der Waals surface area contributed by atoms with E-state index in [1.807, 2.05) is 38.5 Å². The summed E-state index contributed by atoms with van der Waals surface area (Å²) in [6.45, 7) is 2.57. The molecule has 0 aliphatic carbocycles. The number of aryl methyl sites for hydroxylation is 1. The first-order chi connectivity index (χ1) is 16.0. The average Bonchev–Trinajstić information content (AvgIpc) is 3.25. The number of hydrogen-bond donors (Lipinski definition) is 2. The fourth-order valence-electron chi connectivity index (χ4n) is 3.59. The second-order valence-corrected chi connectivity index (χ2v) is 8.57. The number of allylic oxidation sites excluding steroid dienone is 2. The molecular formula is C24H24F2N6S. The molecule has 4 rings (SSSR count). The van der Waals surface area contributed by atoms with Crippen molar-refractivity contribution >= 4 is 29.1 Å². The highest BCUT2D eigenvalue weighted by Crippen LogP contribution is 2.30. The van der Waals surface area contributed by atoms with Crippen molar-refractivity contribution in [2.24, 2.45) is 17.8 Å². The van der Waals surface area contributed by atoms with Gasteiger partial charge in [0.2, 0.25) is 0 Å². The zero-order valence-electron chi connectivity index (χ0n) is 18.3. The Hall–Kier alpha value is -3.46. The summed E-state index contributed by atoms with van der Waals surface area (Å²) in [5, 5.41) is 4.23. The number of nitrogens with two attached hydrogens (primary N) is 1. The molecule has 6 nitrogen and oxygen atoms in total.